The van der Waals surface area contributed by atoms with E-state index in [0.29, 0.717) is 0 Å². The molecule has 0 aliphatic carbocycles. The van der Waals surface area contributed by atoms with Crippen LogP contribution in [-0.4, -0.2) is 42.3 Å². The van der Waals surface area contributed by atoms with Crippen LogP contribution in [0, 0.1) is 0 Å². The number of carboxylic acid groups (broad SMARTS) is 1. The summed E-state index contributed by atoms with van der Waals surface area (Å²) < 4.78 is 4.28. The highest BCUT2D eigenvalue weighted by Gasteiger charge is 2.28. The molecule has 0 fully saturated rings. The maximum atomic E-state index is 11.1. The van der Waals surface area contributed by atoms with Gasteiger partial charge in [-0.05, 0) is 13.8 Å². The quantitative estimate of drug-likeness (QED) is 0.542. The van der Waals surface area contributed by atoms with Gasteiger partial charge in [0.25, 0.3) is 0 Å². The summed E-state index contributed by atoms with van der Waals surface area (Å²) >= 11 is 0. The Hall–Kier alpha value is -1.79. The molecule has 0 aromatic heterocycles. The summed E-state index contributed by atoms with van der Waals surface area (Å²) in [5, 5.41) is 13.0. The largest absolute Gasteiger partial charge is 0.480 e. The fourth-order valence-electron chi connectivity index (χ4n) is 0.606. The molecule has 15 heavy (non-hydrogen) atoms. The fourth-order valence-corrected chi connectivity index (χ4v) is 0.606. The monoisotopic (exact) mass is 218 g/mol. The summed E-state index contributed by atoms with van der Waals surface area (Å²) in [6.45, 7) is 2.35. The third-order valence-corrected chi connectivity index (χ3v) is 1.58. The Balaban J connectivity index is 4.04. The number of carbonyl (C=O) groups is 3. The fraction of sp³-hybridized carbons (Fsp3) is 0.625. The molecule has 0 radical (unpaired) electrons. The first-order valence-electron chi connectivity index (χ1n) is 4.16. The van der Waals surface area contributed by atoms with E-state index >= 15 is 0 Å². The summed E-state index contributed by atoms with van der Waals surface area (Å²) in [6, 6.07) is -0.743. The van der Waals surface area contributed by atoms with Crippen LogP contribution in [0.3, 0.4) is 0 Å². The van der Waals surface area contributed by atoms with E-state index < -0.39 is 23.5 Å². The molecule has 0 heterocycles. The van der Waals surface area contributed by atoms with Crippen LogP contribution in [0.2, 0.25) is 0 Å². The van der Waals surface area contributed by atoms with Crippen molar-refractivity contribution in [2.24, 2.45) is 0 Å². The topological polar surface area (TPSA) is 105 Å². The maximum Gasteiger partial charge on any atom is 0.328 e. The molecule has 0 aliphatic heterocycles. The van der Waals surface area contributed by atoms with Crippen LogP contribution in [0.15, 0.2) is 0 Å². The van der Waals surface area contributed by atoms with Gasteiger partial charge in [-0.25, -0.2) is 9.59 Å². The number of carboxylic acids is 1. The Bertz CT molecular complexity index is 274. The van der Waals surface area contributed by atoms with Crippen molar-refractivity contribution in [2.45, 2.75) is 19.4 Å². The maximum absolute atomic E-state index is 11.1. The second-order valence-corrected chi connectivity index (χ2v) is 3.31. The van der Waals surface area contributed by atoms with Crippen LogP contribution in [0.5, 0.6) is 0 Å². The highest BCUT2D eigenvalue weighted by molar-refractivity contribution is 5.87. The number of hydrogen-bond acceptors (Lipinski definition) is 4. The Morgan fingerprint density at radius 3 is 2.27 bits per heavy atom. The molecule has 0 aliphatic rings. The predicted octanol–water partition coefficient (Wildman–Crippen LogP) is -0.678. The number of amides is 2. The molecule has 3 N–H and O–H groups in total. The molecule has 0 saturated heterocycles. The number of aliphatic carboxylic acids is 1. The lowest BCUT2D eigenvalue weighted by atomic mass is 10.1. The van der Waals surface area contributed by atoms with E-state index in [1.807, 2.05) is 0 Å². The Labute approximate surface area is 86.8 Å². The Morgan fingerprint density at radius 1 is 1.33 bits per heavy atom. The summed E-state index contributed by atoms with van der Waals surface area (Å²) in [5.74, 6) is -1.78. The molecule has 0 bridgehead atoms. The molecule has 7 nitrogen and oxygen atoms in total. The normalized spacial score (nSPS) is 10.3. The molecule has 7 heteroatoms. The van der Waals surface area contributed by atoms with E-state index in [-0.39, 0.29) is 6.54 Å². The average Bonchev–Trinajstić information content (AvgIpc) is 2.13. The third kappa shape index (κ3) is 4.84. The zero-order valence-electron chi connectivity index (χ0n) is 8.79. The Kier molecular flexibility index (Phi) is 4.56. The Morgan fingerprint density at radius 2 is 1.87 bits per heavy atom. The zero-order chi connectivity index (χ0) is 12.1. The van der Waals surface area contributed by atoms with Gasteiger partial charge in [0.1, 0.15) is 12.1 Å². The lowest BCUT2D eigenvalue weighted by Crippen LogP contribution is -2.53. The molecule has 0 saturated carbocycles. The number of ether oxygens (including phenoxy) is 1. The smallest absolute Gasteiger partial charge is 0.328 e. The minimum atomic E-state index is -1.39. The van der Waals surface area contributed by atoms with Gasteiger partial charge in [0.2, 0.25) is 0 Å². The summed E-state index contributed by atoms with van der Waals surface area (Å²) in [7, 11) is 1.18. The zero-order valence-corrected chi connectivity index (χ0v) is 8.79. The molecule has 0 atom stereocenters. The molecular formula is C8H14N2O5. The van der Waals surface area contributed by atoms with Crippen molar-refractivity contribution >= 4 is 18.0 Å². The van der Waals surface area contributed by atoms with Crippen molar-refractivity contribution in [1.29, 1.82) is 0 Å². The highest BCUT2D eigenvalue weighted by atomic mass is 16.5. The van der Waals surface area contributed by atoms with Crippen LogP contribution in [0.4, 0.5) is 4.79 Å². The van der Waals surface area contributed by atoms with Crippen molar-refractivity contribution in [3.8, 4) is 0 Å². The minimum Gasteiger partial charge on any atom is -0.480 e. The lowest BCUT2D eigenvalue weighted by molar-refractivity contribution is -0.142. The minimum absolute atomic E-state index is 0.308. The van der Waals surface area contributed by atoms with Gasteiger partial charge >= 0.3 is 18.0 Å². The standard InChI is InChI=1S/C8H14N2O5/c1-8(2,6(12)13)10-7(14)9-4-5(11)15-3/h4H2,1-3H3,(H,12,13)(H2,9,10,14). The van der Waals surface area contributed by atoms with Crippen molar-refractivity contribution in [3.05, 3.63) is 0 Å². The second-order valence-electron chi connectivity index (χ2n) is 3.31. The second kappa shape index (κ2) is 5.18. The van der Waals surface area contributed by atoms with Crippen molar-refractivity contribution in [1.82, 2.24) is 10.6 Å². The van der Waals surface area contributed by atoms with Crippen molar-refractivity contribution in [2.75, 3.05) is 13.7 Å². The van der Waals surface area contributed by atoms with Crippen molar-refractivity contribution in [3.63, 3.8) is 0 Å². The highest BCUT2D eigenvalue weighted by Crippen LogP contribution is 2.00. The van der Waals surface area contributed by atoms with Crippen LogP contribution in [0.25, 0.3) is 0 Å². The lowest BCUT2D eigenvalue weighted by Gasteiger charge is -2.20. The van der Waals surface area contributed by atoms with Gasteiger partial charge in [0, 0.05) is 0 Å². The van der Waals surface area contributed by atoms with Gasteiger partial charge in [-0.2, -0.15) is 0 Å². The molecule has 0 aromatic carbocycles. The van der Waals surface area contributed by atoms with Gasteiger partial charge in [0.15, 0.2) is 0 Å². The van der Waals surface area contributed by atoms with Crippen LogP contribution in [-0.2, 0) is 14.3 Å². The first-order chi connectivity index (χ1) is 6.79. The van der Waals surface area contributed by atoms with E-state index in [4.69, 9.17) is 5.11 Å². The first kappa shape index (κ1) is 13.2. The molecule has 86 valence electrons. The van der Waals surface area contributed by atoms with E-state index in [0.717, 1.165) is 0 Å². The van der Waals surface area contributed by atoms with E-state index in [1.165, 1.54) is 21.0 Å². The predicted molar refractivity (Wildman–Crippen MR) is 50.3 cm³/mol. The SMILES string of the molecule is COC(=O)CNC(=O)NC(C)(C)C(=O)O. The summed E-state index contributed by atoms with van der Waals surface area (Å²) in [5.41, 5.74) is -1.39. The number of esters is 1. The molecule has 0 rings (SSSR count). The number of nitrogens with one attached hydrogen (secondary N) is 2. The summed E-state index contributed by atoms with van der Waals surface area (Å²) in [6.07, 6.45) is 0. The number of methoxy groups -OCH3 is 1. The summed E-state index contributed by atoms with van der Waals surface area (Å²) in [4.78, 5) is 32.3. The van der Waals surface area contributed by atoms with Crippen molar-refractivity contribution < 1.29 is 24.2 Å². The number of rotatable bonds is 4. The number of hydrogen-bond donors (Lipinski definition) is 3. The number of urea groups is 1. The average molecular weight is 218 g/mol. The molecule has 0 aromatic rings. The van der Waals surface area contributed by atoms with Gasteiger partial charge in [-0.1, -0.05) is 0 Å². The van der Waals surface area contributed by atoms with Crippen LogP contribution >= 0.6 is 0 Å². The molecule has 0 spiro atoms. The van der Waals surface area contributed by atoms with Gasteiger partial charge < -0.3 is 20.5 Å². The van der Waals surface area contributed by atoms with Gasteiger partial charge in [-0.3, -0.25) is 4.79 Å². The van der Waals surface area contributed by atoms with Crippen LogP contribution < -0.4 is 10.6 Å². The van der Waals surface area contributed by atoms with Gasteiger partial charge in [0.05, 0.1) is 7.11 Å². The third-order valence-electron chi connectivity index (χ3n) is 1.58. The number of carbonyl (C=O) groups excluding carboxylic acids is 2. The van der Waals surface area contributed by atoms with Gasteiger partial charge in [-0.15, -0.1) is 0 Å². The van der Waals surface area contributed by atoms with Crippen LogP contribution in [0.1, 0.15) is 13.8 Å². The first-order valence-corrected chi connectivity index (χ1v) is 4.16. The molecule has 0 unspecified atom stereocenters. The molecular weight excluding hydrogens is 204 g/mol. The van der Waals surface area contributed by atoms with E-state index in [1.54, 1.807) is 0 Å². The van der Waals surface area contributed by atoms with E-state index in [2.05, 4.69) is 15.4 Å². The molecule has 2 amide bonds. The van der Waals surface area contributed by atoms with E-state index in [9.17, 15) is 14.4 Å².